The molecule has 0 spiro atoms. The minimum Gasteiger partial charge on any atom is -0.464 e. The summed E-state index contributed by atoms with van der Waals surface area (Å²) in [6.07, 6.45) is 0. The maximum atomic E-state index is 12.9. The van der Waals surface area contributed by atoms with Gasteiger partial charge in [-0.05, 0) is 53.6 Å². The van der Waals surface area contributed by atoms with Gasteiger partial charge in [-0.3, -0.25) is 0 Å². The van der Waals surface area contributed by atoms with Crippen molar-refractivity contribution >= 4 is 23.0 Å². The van der Waals surface area contributed by atoms with Gasteiger partial charge in [0.2, 0.25) is 0 Å². The summed E-state index contributed by atoms with van der Waals surface area (Å²) in [5.74, 6) is -0.654. The van der Waals surface area contributed by atoms with Crippen LogP contribution in [0, 0.1) is 5.82 Å². The van der Waals surface area contributed by atoms with E-state index in [2.05, 4.69) is 5.32 Å². The van der Waals surface area contributed by atoms with Crippen LogP contribution in [0.1, 0.15) is 18.5 Å². The molecule has 1 heterocycles. The Morgan fingerprint density at radius 3 is 2.68 bits per heavy atom. The van der Waals surface area contributed by atoms with Crippen molar-refractivity contribution in [3.63, 3.8) is 0 Å². The summed E-state index contributed by atoms with van der Waals surface area (Å²) in [6.45, 7) is 2.09. The van der Waals surface area contributed by atoms with Crippen LogP contribution >= 0.6 is 11.3 Å². The van der Waals surface area contributed by atoms with Crippen LogP contribution in [-0.2, 0) is 9.53 Å². The zero-order valence-electron chi connectivity index (χ0n) is 10.4. The maximum absolute atomic E-state index is 12.9. The number of thiophene rings is 1. The lowest BCUT2D eigenvalue weighted by Crippen LogP contribution is -2.22. The van der Waals surface area contributed by atoms with E-state index < -0.39 is 6.04 Å². The monoisotopic (exact) mass is 279 g/mol. The summed E-state index contributed by atoms with van der Waals surface area (Å²) in [4.78, 5) is 12.0. The molecular weight excluding hydrogens is 265 g/mol. The van der Waals surface area contributed by atoms with E-state index in [0.717, 1.165) is 5.56 Å². The quantitative estimate of drug-likeness (QED) is 0.850. The molecule has 5 heteroatoms. The molecule has 1 aromatic heterocycles. The fraction of sp³-hybridized carbons (Fsp3) is 0.214. The highest BCUT2D eigenvalue weighted by molar-refractivity contribution is 7.08. The number of hydrogen-bond acceptors (Lipinski definition) is 4. The molecule has 100 valence electrons. The van der Waals surface area contributed by atoms with E-state index in [1.165, 1.54) is 23.5 Å². The molecule has 0 amide bonds. The standard InChI is InChI=1S/C14H14FNO2S/c1-2-18-14(17)13(10-7-8-19-9-10)16-12-5-3-11(15)4-6-12/h3-9,13,16H,2H2,1H3. The zero-order chi connectivity index (χ0) is 13.7. The molecule has 2 rings (SSSR count). The first kappa shape index (κ1) is 13.5. The van der Waals surface area contributed by atoms with Crippen LogP contribution < -0.4 is 5.32 Å². The fourth-order valence-corrected chi connectivity index (χ4v) is 2.34. The molecule has 2 aromatic rings. The predicted molar refractivity (Wildman–Crippen MR) is 73.7 cm³/mol. The van der Waals surface area contributed by atoms with Crippen molar-refractivity contribution in [1.29, 1.82) is 0 Å². The number of carbonyl (C=O) groups is 1. The van der Waals surface area contributed by atoms with Gasteiger partial charge < -0.3 is 10.1 Å². The third-order valence-electron chi connectivity index (χ3n) is 2.55. The Morgan fingerprint density at radius 1 is 1.37 bits per heavy atom. The highest BCUT2D eigenvalue weighted by Gasteiger charge is 2.22. The van der Waals surface area contributed by atoms with E-state index in [-0.39, 0.29) is 11.8 Å². The van der Waals surface area contributed by atoms with Gasteiger partial charge in [0, 0.05) is 5.69 Å². The molecule has 0 aliphatic rings. The molecule has 0 saturated carbocycles. The SMILES string of the molecule is CCOC(=O)C(Nc1ccc(F)cc1)c1ccsc1. The van der Waals surface area contributed by atoms with Crippen LogP contribution in [0.5, 0.6) is 0 Å². The highest BCUT2D eigenvalue weighted by Crippen LogP contribution is 2.23. The number of ether oxygens (including phenoxy) is 1. The Bertz CT molecular complexity index is 525. The van der Waals surface area contributed by atoms with Crippen molar-refractivity contribution in [3.8, 4) is 0 Å². The second-order valence-electron chi connectivity index (χ2n) is 3.89. The van der Waals surface area contributed by atoms with Crippen molar-refractivity contribution in [3.05, 3.63) is 52.5 Å². The first-order chi connectivity index (χ1) is 9.20. The fourth-order valence-electron chi connectivity index (χ4n) is 1.66. The Balaban J connectivity index is 2.18. The van der Waals surface area contributed by atoms with E-state index in [4.69, 9.17) is 4.74 Å². The Kier molecular flexibility index (Phi) is 4.52. The molecule has 3 nitrogen and oxygen atoms in total. The molecule has 1 unspecified atom stereocenters. The summed E-state index contributed by atoms with van der Waals surface area (Å²) >= 11 is 1.51. The van der Waals surface area contributed by atoms with E-state index in [0.29, 0.717) is 12.3 Å². The Morgan fingerprint density at radius 2 is 2.11 bits per heavy atom. The van der Waals surface area contributed by atoms with Gasteiger partial charge in [0.25, 0.3) is 0 Å². The topological polar surface area (TPSA) is 38.3 Å². The molecule has 0 fully saturated rings. The lowest BCUT2D eigenvalue weighted by Gasteiger charge is -2.17. The molecule has 1 aromatic carbocycles. The van der Waals surface area contributed by atoms with Gasteiger partial charge in [-0.1, -0.05) is 0 Å². The van der Waals surface area contributed by atoms with E-state index >= 15 is 0 Å². The smallest absolute Gasteiger partial charge is 0.333 e. The normalized spacial score (nSPS) is 11.9. The van der Waals surface area contributed by atoms with Gasteiger partial charge in [-0.25, -0.2) is 9.18 Å². The number of rotatable bonds is 5. The number of nitrogens with one attached hydrogen (secondary N) is 1. The van der Waals surface area contributed by atoms with Crippen LogP contribution in [0.25, 0.3) is 0 Å². The summed E-state index contributed by atoms with van der Waals surface area (Å²) in [5, 5.41) is 6.84. The second kappa shape index (κ2) is 6.33. The van der Waals surface area contributed by atoms with Crippen LogP contribution in [-0.4, -0.2) is 12.6 Å². The highest BCUT2D eigenvalue weighted by atomic mass is 32.1. The van der Waals surface area contributed by atoms with Crippen molar-refractivity contribution in [2.24, 2.45) is 0 Å². The maximum Gasteiger partial charge on any atom is 0.333 e. The van der Waals surface area contributed by atoms with Crippen LogP contribution in [0.4, 0.5) is 10.1 Å². The molecule has 0 saturated heterocycles. The van der Waals surface area contributed by atoms with Gasteiger partial charge in [0.15, 0.2) is 6.04 Å². The van der Waals surface area contributed by atoms with Crippen LogP contribution in [0.3, 0.4) is 0 Å². The zero-order valence-corrected chi connectivity index (χ0v) is 11.2. The van der Waals surface area contributed by atoms with Crippen molar-refractivity contribution in [2.75, 3.05) is 11.9 Å². The van der Waals surface area contributed by atoms with Gasteiger partial charge in [-0.2, -0.15) is 11.3 Å². The largest absolute Gasteiger partial charge is 0.464 e. The van der Waals surface area contributed by atoms with Gasteiger partial charge >= 0.3 is 5.97 Å². The molecule has 19 heavy (non-hydrogen) atoms. The number of anilines is 1. The minimum atomic E-state index is -0.573. The molecule has 0 bridgehead atoms. The molecule has 0 aliphatic heterocycles. The van der Waals surface area contributed by atoms with Crippen molar-refractivity contribution < 1.29 is 13.9 Å². The Labute approximate surface area is 115 Å². The third-order valence-corrected chi connectivity index (χ3v) is 3.26. The first-order valence-corrected chi connectivity index (χ1v) is 6.86. The third kappa shape index (κ3) is 3.54. The van der Waals surface area contributed by atoms with E-state index in [1.54, 1.807) is 19.1 Å². The number of benzene rings is 1. The average molecular weight is 279 g/mol. The van der Waals surface area contributed by atoms with E-state index in [9.17, 15) is 9.18 Å². The van der Waals surface area contributed by atoms with Crippen molar-refractivity contribution in [2.45, 2.75) is 13.0 Å². The first-order valence-electron chi connectivity index (χ1n) is 5.91. The summed E-state index contributed by atoms with van der Waals surface area (Å²) < 4.78 is 17.9. The van der Waals surface area contributed by atoms with Crippen LogP contribution in [0.2, 0.25) is 0 Å². The second-order valence-corrected chi connectivity index (χ2v) is 4.67. The minimum absolute atomic E-state index is 0.311. The number of carbonyl (C=O) groups excluding carboxylic acids is 1. The summed E-state index contributed by atoms with van der Waals surface area (Å²) in [5.41, 5.74) is 1.51. The number of halogens is 1. The van der Waals surface area contributed by atoms with Crippen molar-refractivity contribution in [1.82, 2.24) is 0 Å². The van der Waals surface area contributed by atoms with Gasteiger partial charge in [-0.15, -0.1) is 0 Å². The van der Waals surface area contributed by atoms with Gasteiger partial charge in [0.05, 0.1) is 6.61 Å². The summed E-state index contributed by atoms with van der Waals surface area (Å²) in [6, 6.07) is 7.16. The lowest BCUT2D eigenvalue weighted by atomic mass is 10.1. The number of hydrogen-bond donors (Lipinski definition) is 1. The molecule has 1 N–H and O–H groups in total. The molecular formula is C14H14FNO2S. The predicted octanol–water partition coefficient (Wildman–Crippen LogP) is 3.60. The molecule has 0 radical (unpaired) electrons. The van der Waals surface area contributed by atoms with Crippen LogP contribution in [0.15, 0.2) is 41.1 Å². The van der Waals surface area contributed by atoms with E-state index in [1.807, 2.05) is 16.8 Å². The number of esters is 1. The lowest BCUT2D eigenvalue weighted by molar-refractivity contribution is -0.144. The summed E-state index contributed by atoms with van der Waals surface area (Å²) in [7, 11) is 0. The Hall–Kier alpha value is -1.88. The molecule has 0 aliphatic carbocycles. The van der Waals surface area contributed by atoms with Gasteiger partial charge in [0.1, 0.15) is 5.82 Å². The molecule has 1 atom stereocenters. The average Bonchev–Trinajstić information content (AvgIpc) is 2.92.